The van der Waals surface area contributed by atoms with E-state index in [1.54, 1.807) is 6.20 Å². The van der Waals surface area contributed by atoms with Crippen LogP contribution in [0.15, 0.2) is 48.8 Å². The average Bonchev–Trinajstić information content (AvgIpc) is 3.30. The number of aromatic nitrogens is 1. The van der Waals surface area contributed by atoms with Crippen LogP contribution in [0.1, 0.15) is 24.0 Å². The third-order valence-corrected chi connectivity index (χ3v) is 3.69. The molecule has 0 unspecified atom stereocenters. The van der Waals surface area contributed by atoms with Crippen molar-refractivity contribution in [2.75, 3.05) is 5.73 Å². The van der Waals surface area contributed by atoms with Crippen molar-refractivity contribution in [1.29, 1.82) is 0 Å². The van der Waals surface area contributed by atoms with E-state index in [2.05, 4.69) is 4.98 Å². The van der Waals surface area contributed by atoms with Gasteiger partial charge in [0.05, 0.1) is 6.42 Å². The summed E-state index contributed by atoms with van der Waals surface area (Å²) >= 11 is 0. The maximum atomic E-state index is 12.6. The number of hydrogen-bond donors (Lipinski definition) is 1. The van der Waals surface area contributed by atoms with E-state index < -0.39 is 0 Å². The number of benzene rings is 1. The van der Waals surface area contributed by atoms with Gasteiger partial charge in [-0.05, 0) is 42.2 Å². The minimum Gasteiger partial charge on any atom is -0.399 e. The van der Waals surface area contributed by atoms with Gasteiger partial charge >= 0.3 is 0 Å². The maximum absolute atomic E-state index is 12.6. The standard InChI is InChI=1S/C17H19N3O/c18-15-5-1-3-13(9-15)10-17(21)20(16-6-7-16)12-14-4-2-8-19-11-14/h1-5,8-9,11,16H,6-7,10,12,18H2. The van der Waals surface area contributed by atoms with Gasteiger partial charge in [0.2, 0.25) is 5.91 Å². The van der Waals surface area contributed by atoms with Crippen LogP contribution < -0.4 is 5.73 Å². The molecule has 0 spiro atoms. The van der Waals surface area contributed by atoms with Crippen molar-refractivity contribution in [2.45, 2.75) is 31.8 Å². The molecule has 2 N–H and O–H groups in total. The number of amides is 1. The molecule has 0 aliphatic heterocycles. The normalized spacial score (nSPS) is 13.9. The van der Waals surface area contributed by atoms with Gasteiger partial charge in [-0.25, -0.2) is 0 Å². The summed E-state index contributed by atoms with van der Waals surface area (Å²) in [7, 11) is 0. The Bertz CT molecular complexity index is 623. The molecule has 0 bridgehead atoms. The zero-order chi connectivity index (χ0) is 14.7. The summed E-state index contributed by atoms with van der Waals surface area (Å²) in [6.07, 6.45) is 6.18. The van der Waals surface area contributed by atoms with Crippen molar-refractivity contribution in [3.63, 3.8) is 0 Å². The van der Waals surface area contributed by atoms with Crippen LogP contribution in [0, 0.1) is 0 Å². The molecule has 4 nitrogen and oxygen atoms in total. The molecule has 108 valence electrons. The van der Waals surface area contributed by atoms with Crippen LogP contribution in [0.3, 0.4) is 0 Å². The third kappa shape index (κ3) is 3.60. The predicted molar refractivity (Wildman–Crippen MR) is 82.4 cm³/mol. The molecular weight excluding hydrogens is 262 g/mol. The summed E-state index contributed by atoms with van der Waals surface area (Å²) in [5, 5.41) is 0. The molecule has 3 rings (SSSR count). The van der Waals surface area contributed by atoms with Gasteiger partial charge in [-0.15, -0.1) is 0 Å². The van der Waals surface area contributed by atoms with E-state index in [4.69, 9.17) is 5.73 Å². The molecule has 0 radical (unpaired) electrons. The molecule has 1 heterocycles. The van der Waals surface area contributed by atoms with Gasteiger partial charge < -0.3 is 10.6 Å². The minimum absolute atomic E-state index is 0.159. The number of nitrogens with zero attached hydrogens (tertiary/aromatic N) is 2. The maximum Gasteiger partial charge on any atom is 0.227 e. The monoisotopic (exact) mass is 281 g/mol. The fourth-order valence-corrected chi connectivity index (χ4v) is 2.47. The van der Waals surface area contributed by atoms with Gasteiger partial charge in [-0.1, -0.05) is 18.2 Å². The zero-order valence-electron chi connectivity index (χ0n) is 11.9. The Morgan fingerprint density at radius 2 is 2.05 bits per heavy atom. The van der Waals surface area contributed by atoms with E-state index in [0.717, 1.165) is 24.0 Å². The van der Waals surface area contributed by atoms with Gasteiger partial charge in [0.1, 0.15) is 0 Å². The molecule has 2 aromatic rings. The Labute approximate surface area is 124 Å². The van der Waals surface area contributed by atoms with Crippen LogP contribution in [0.4, 0.5) is 5.69 Å². The average molecular weight is 281 g/mol. The first-order chi connectivity index (χ1) is 10.2. The smallest absolute Gasteiger partial charge is 0.227 e. The lowest BCUT2D eigenvalue weighted by Crippen LogP contribution is -2.33. The van der Waals surface area contributed by atoms with Crippen molar-refractivity contribution in [3.05, 3.63) is 59.9 Å². The van der Waals surface area contributed by atoms with Crippen LogP contribution in [0.5, 0.6) is 0 Å². The number of anilines is 1. The number of hydrogen-bond acceptors (Lipinski definition) is 3. The van der Waals surface area contributed by atoms with E-state index in [-0.39, 0.29) is 5.91 Å². The summed E-state index contributed by atoms with van der Waals surface area (Å²) in [4.78, 5) is 18.7. The van der Waals surface area contributed by atoms with Crippen molar-refractivity contribution in [3.8, 4) is 0 Å². The molecular formula is C17H19N3O. The van der Waals surface area contributed by atoms with Gasteiger partial charge in [0.15, 0.2) is 0 Å². The van der Waals surface area contributed by atoms with Gasteiger partial charge in [-0.2, -0.15) is 0 Å². The van der Waals surface area contributed by atoms with E-state index in [9.17, 15) is 4.79 Å². The predicted octanol–water partition coefficient (Wildman–Crippen LogP) is 2.40. The summed E-state index contributed by atoms with van der Waals surface area (Å²) in [6, 6.07) is 11.8. The van der Waals surface area contributed by atoms with Crippen LogP contribution in [-0.2, 0) is 17.8 Å². The first-order valence-electron chi connectivity index (χ1n) is 7.25. The molecule has 21 heavy (non-hydrogen) atoms. The fourth-order valence-electron chi connectivity index (χ4n) is 2.47. The second kappa shape index (κ2) is 5.95. The third-order valence-electron chi connectivity index (χ3n) is 3.69. The van der Waals surface area contributed by atoms with Gasteiger partial charge in [-0.3, -0.25) is 9.78 Å². The lowest BCUT2D eigenvalue weighted by molar-refractivity contribution is -0.131. The number of rotatable bonds is 5. The first-order valence-corrected chi connectivity index (χ1v) is 7.25. The lowest BCUT2D eigenvalue weighted by atomic mass is 10.1. The van der Waals surface area contributed by atoms with Crippen LogP contribution in [0.2, 0.25) is 0 Å². The number of nitrogen functional groups attached to an aromatic ring is 1. The van der Waals surface area contributed by atoms with Gasteiger partial charge in [0, 0.05) is 30.7 Å². The molecule has 1 fully saturated rings. The van der Waals surface area contributed by atoms with E-state index in [1.165, 1.54) is 0 Å². The highest BCUT2D eigenvalue weighted by Crippen LogP contribution is 2.29. The van der Waals surface area contributed by atoms with Crippen LogP contribution in [0.25, 0.3) is 0 Å². The molecule has 1 aliphatic rings. The Morgan fingerprint density at radius 1 is 1.24 bits per heavy atom. The highest BCUT2D eigenvalue weighted by atomic mass is 16.2. The van der Waals surface area contributed by atoms with E-state index in [0.29, 0.717) is 24.7 Å². The number of carbonyl (C=O) groups excluding carboxylic acids is 1. The number of carbonyl (C=O) groups is 1. The molecule has 1 saturated carbocycles. The summed E-state index contributed by atoms with van der Waals surface area (Å²) in [6.45, 7) is 0.639. The molecule has 0 atom stereocenters. The Kier molecular flexibility index (Phi) is 3.86. The zero-order valence-corrected chi connectivity index (χ0v) is 11.9. The lowest BCUT2D eigenvalue weighted by Gasteiger charge is -2.22. The van der Waals surface area contributed by atoms with Crippen molar-refractivity contribution in [1.82, 2.24) is 9.88 Å². The summed E-state index contributed by atoms with van der Waals surface area (Å²) < 4.78 is 0. The number of nitrogens with two attached hydrogens (primary N) is 1. The fraction of sp³-hybridized carbons (Fsp3) is 0.294. The summed E-state index contributed by atoms with van der Waals surface area (Å²) in [5.74, 6) is 0.159. The molecule has 1 amide bonds. The Hall–Kier alpha value is -2.36. The van der Waals surface area contributed by atoms with E-state index in [1.807, 2.05) is 47.5 Å². The van der Waals surface area contributed by atoms with Gasteiger partial charge in [0.25, 0.3) is 0 Å². The SMILES string of the molecule is Nc1cccc(CC(=O)N(Cc2cccnc2)C2CC2)c1. The van der Waals surface area contributed by atoms with Crippen molar-refractivity contribution in [2.24, 2.45) is 0 Å². The Balaban J connectivity index is 1.70. The van der Waals surface area contributed by atoms with Crippen molar-refractivity contribution < 1.29 is 4.79 Å². The van der Waals surface area contributed by atoms with E-state index >= 15 is 0 Å². The topological polar surface area (TPSA) is 59.2 Å². The molecule has 0 saturated heterocycles. The van der Waals surface area contributed by atoms with Crippen LogP contribution in [-0.4, -0.2) is 21.8 Å². The van der Waals surface area contributed by atoms with Crippen molar-refractivity contribution >= 4 is 11.6 Å². The highest BCUT2D eigenvalue weighted by Gasteiger charge is 2.32. The molecule has 1 aliphatic carbocycles. The molecule has 1 aromatic carbocycles. The first kappa shape index (κ1) is 13.6. The van der Waals surface area contributed by atoms with Crippen LogP contribution >= 0.6 is 0 Å². The Morgan fingerprint density at radius 3 is 2.71 bits per heavy atom. The second-order valence-electron chi connectivity index (χ2n) is 5.54. The number of pyridine rings is 1. The quantitative estimate of drug-likeness (QED) is 0.856. The summed E-state index contributed by atoms with van der Waals surface area (Å²) in [5.41, 5.74) is 8.52. The minimum atomic E-state index is 0.159. The largest absolute Gasteiger partial charge is 0.399 e. The second-order valence-corrected chi connectivity index (χ2v) is 5.54. The highest BCUT2D eigenvalue weighted by molar-refractivity contribution is 5.79. The molecule has 4 heteroatoms. The molecule has 1 aromatic heterocycles.